The van der Waals surface area contributed by atoms with Crippen LogP contribution in [0.5, 0.6) is 0 Å². The van der Waals surface area contributed by atoms with Crippen molar-refractivity contribution in [2.45, 2.75) is 38.5 Å². The molecule has 0 saturated carbocycles. The first-order chi connectivity index (χ1) is 9.90. The third kappa shape index (κ3) is 3.90. The lowest BCUT2D eigenvalue weighted by molar-refractivity contribution is 0.348. The molecule has 108 valence electrons. The third-order valence-corrected chi connectivity index (χ3v) is 4.71. The van der Waals surface area contributed by atoms with Crippen LogP contribution in [0.2, 0.25) is 0 Å². The van der Waals surface area contributed by atoms with Gasteiger partial charge in [0.05, 0.1) is 0 Å². The molecule has 20 heavy (non-hydrogen) atoms. The molecule has 1 aliphatic heterocycles. The predicted molar refractivity (Wildman–Crippen MR) is 79.9 cm³/mol. The van der Waals surface area contributed by atoms with Crippen molar-refractivity contribution >= 4 is 11.3 Å². The number of nitrogens with zero attached hydrogens (tertiary/aromatic N) is 2. The molecular formula is C15H21N3OS. The molecule has 2 aromatic rings. The van der Waals surface area contributed by atoms with Crippen molar-refractivity contribution in [1.82, 2.24) is 15.5 Å². The van der Waals surface area contributed by atoms with E-state index in [0.717, 1.165) is 50.5 Å². The van der Waals surface area contributed by atoms with Gasteiger partial charge in [-0.1, -0.05) is 11.2 Å². The first-order valence-electron chi connectivity index (χ1n) is 7.45. The number of piperidine rings is 1. The normalized spacial score (nSPS) is 19.3. The van der Waals surface area contributed by atoms with Crippen molar-refractivity contribution in [3.8, 4) is 0 Å². The minimum Gasteiger partial charge on any atom is -0.339 e. The van der Waals surface area contributed by atoms with E-state index in [1.165, 1.54) is 17.7 Å². The molecule has 0 bridgehead atoms. The van der Waals surface area contributed by atoms with Crippen molar-refractivity contribution in [3.05, 3.63) is 34.1 Å². The first-order valence-corrected chi connectivity index (χ1v) is 8.32. The lowest BCUT2D eigenvalue weighted by Crippen LogP contribution is -2.31. The molecule has 4 nitrogen and oxygen atoms in total. The number of hydrogen-bond donors (Lipinski definition) is 1. The highest BCUT2D eigenvalue weighted by Gasteiger charge is 2.16. The smallest absolute Gasteiger partial charge is 0.226 e. The molecule has 3 heterocycles. The van der Waals surface area contributed by atoms with Gasteiger partial charge in [-0.05, 0) is 56.1 Å². The molecule has 2 aromatic heterocycles. The number of thiophene rings is 1. The lowest BCUT2D eigenvalue weighted by Gasteiger charge is -2.20. The molecule has 0 spiro atoms. The Morgan fingerprint density at radius 2 is 2.40 bits per heavy atom. The second-order valence-corrected chi connectivity index (χ2v) is 6.49. The van der Waals surface area contributed by atoms with Gasteiger partial charge in [0.25, 0.3) is 0 Å². The zero-order valence-corrected chi connectivity index (χ0v) is 12.5. The summed E-state index contributed by atoms with van der Waals surface area (Å²) in [4.78, 5) is 5.95. The van der Waals surface area contributed by atoms with Crippen LogP contribution >= 0.6 is 11.3 Å². The van der Waals surface area contributed by atoms with Gasteiger partial charge >= 0.3 is 0 Å². The maximum Gasteiger partial charge on any atom is 0.226 e. The molecular weight excluding hydrogens is 270 g/mol. The molecule has 0 aliphatic carbocycles. The minimum atomic E-state index is 0.667. The average molecular weight is 291 g/mol. The van der Waals surface area contributed by atoms with Crippen LogP contribution in [-0.2, 0) is 19.3 Å². The summed E-state index contributed by atoms with van der Waals surface area (Å²) < 4.78 is 5.35. The average Bonchev–Trinajstić information content (AvgIpc) is 3.12. The topological polar surface area (TPSA) is 51.0 Å². The van der Waals surface area contributed by atoms with Crippen molar-refractivity contribution in [2.75, 3.05) is 13.1 Å². The number of nitrogens with one attached hydrogen (secondary N) is 1. The fourth-order valence-corrected chi connectivity index (χ4v) is 3.45. The van der Waals surface area contributed by atoms with E-state index >= 15 is 0 Å². The Hall–Kier alpha value is -1.20. The van der Waals surface area contributed by atoms with Crippen LogP contribution in [0.3, 0.4) is 0 Å². The van der Waals surface area contributed by atoms with Crippen LogP contribution in [0.25, 0.3) is 0 Å². The van der Waals surface area contributed by atoms with E-state index in [9.17, 15) is 0 Å². The first kappa shape index (κ1) is 13.8. The van der Waals surface area contributed by atoms with Crippen LogP contribution in [0.15, 0.2) is 22.0 Å². The van der Waals surface area contributed by atoms with Gasteiger partial charge < -0.3 is 9.84 Å². The zero-order valence-electron chi connectivity index (χ0n) is 11.7. The summed E-state index contributed by atoms with van der Waals surface area (Å²) in [6.07, 6.45) is 6.54. The molecule has 1 atom stereocenters. The summed E-state index contributed by atoms with van der Waals surface area (Å²) in [5, 5.41) is 9.66. The quantitative estimate of drug-likeness (QED) is 0.889. The summed E-state index contributed by atoms with van der Waals surface area (Å²) in [6.45, 7) is 2.24. The standard InChI is InChI=1S/C15H21N3OS/c1(5-13-6-3-9-20-13)7-15-17-14(18-19-15)10-12-4-2-8-16-11-12/h3,6,9,12,16H,1-2,4-5,7-8,10-11H2. The van der Waals surface area contributed by atoms with E-state index in [1.54, 1.807) is 0 Å². The summed E-state index contributed by atoms with van der Waals surface area (Å²) in [7, 11) is 0. The molecule has 1 saturated heterocycles. The van der Waals surface area contributed by atoms with Gasteiger partial charge in [0, 0.05) is 17.7 Å². The van der Waals surface area contributed by atoms with Crippen molar-refractivity contribution in [3.63, 3.8) is 0 Å². The molecule has 0 aromatic carbocycles. The van der Waals surface area contributed by atoms with Crippen molar-refractivity contribution in [2.24, 2.45) is 5.92 Å². The van der Waals surface area contributed by atoms with Crippen LogP contribution in [0.4, 0.5) is 0 Å². The summed E-state index contributed by atoms with van der Waals surface area (Å²) in [5.74, 6) is 2.34. The van der Waals surface area contributed by atoms with Crippen LogP contribution in [0.1, 0.15) is 35.9 Å². The summed E-state index contributed by atoms with van der Waals surface area (Å²) in [6, 6.07) is 4.28. The van der Waals surface area contributed by atoms with E-state index < -0.39 is 0 Å². The molecule has 3 rings (SSSR count). The van der Waals surface area contributed by atoms with Crippen LogP contribution in [0, 0.1) is 5.92 Å². The molecule has 1 N–H and O–H groups in total. The zero-order chi connectivity index (χ0) is 13.6. The Morgan fingerprint density at radius 1 is 1.40 bits per heavy atom. The van der Waals surface area contributed by atoms with Gasteiger partial charge in [-0.15, -0.1) is 11.3 Å². The second-order valence-electron chi connectivity index (χ2n) is 5.45. The molecule has 1 aliphatic rings. The summed E-state index contributed by atoms with van der Waals surface area (Å²) in [5.41, 5.74) is 0. The number of hydrogen-bond acceptors (Lipinski definition) is 5. The van der Waals surface area contributed by atoms with Gasteiger partial charge in [0.2, 0.25) is 5.89 Å². The van der Waals surface area contributed by atoms with Crippen LogP contribution < -0.4 is 5.32 Å². The van der Waals surface area contributed by atoms with E-state index in [1.807, 2.05) is 11.3 Å². The highest BCUT2D eigenvalue weighted by atomic mass is 32.1. The lowest BCUT2D eigenvalue weighted by atomic mass is 9.96. The second kappa shape index (κ2) is 6.99. The summed E-state index contributed by atoms with van der Waals surface area (Å²) >= 11 is 1.81. The highest BCUT2D eigenvalue weighted by Crippen LogP contribution is 2.16. The largest absolute Gasteiger partial charge is 0.339 e. The Kier molecular flexibility index (Phi) is 4.82. The molecule has 0 radical (unpaired) electrons. The van der Waals surface area contributed by atoms with E-state index in [2.05, 4.69) is 33.0 Å². The maximum absolute atomic E-state index is 5.35. The Labute approximate surface area is 123 Å². The SMILES string of the molecule is c1csc(CCCc2nc(CC3CCCNC3)no2)c1. The van der Waals surface area contributed by atoms with E-state index in [4.69, 9.17) is 4.52 Å². The number of rotatable bonds is 6. The van der Waals surface area contributed by atoms with Gasteiger partial charge in [0.15, 0.2) is 5.82 Å². The Balaban J connectivity index is 1.44. The van der Waals surface area contributed by atoms with Crippen molar-refractivity contribution < 1.29 is 4.52 Å². The van der Waals surface area contributed by atoms with E-state index in [-0.39, 0.29) is 0 Å². The van der Waals surface area contributed by atoms with Crippen molar-refractivity contribution in [1.29, 1.82) is 0 Å². The van der Waals surface area contributed by atoms with Gasteiger partial charge in [-0.3, -0.25) is 0 Å². The molecule has 1 fully saturated rings. The minimum absolute atomic E-state index is 0.667. The highest BCUT2D eigenvalue weighted by molar-refractivity contribution is 7.09. The van der Waals surface area contributed by atoms with Gasteiger partial charge in [-0.2, -0.15) is 4.98 Å². The Morgan fingerprint density at radius 3 is 3.20 bits per heavy atom. The molecule has 1 unspecified atom stereocenters. The molecule has 5 heteroatoms. The third-order valence-electron chi connectivity index (χ3n) is 3.77. The maximum atomic E-state index is 5.35. The van der Waals surface area contributed by atoms with Gasteiger partial charge in [0.1, 0.15) is 0 Å². The number of aromatic nitrogens is 2. The fraction of sp³-hybridized carbons (Fsp3) is 0.600. The fourth-order valence-electron chi connectivity index (χ4n) is 2.70. The van der Waals surface area contributed by atoms with Crippen LogP contribution in [-0.4, -0.2) is 23.2 Å². The predicted octanol–water partition coefficient (Wildman–Crippen LogP) is 2.85. The van der Waals surface area contributed by atoms with E-state index in [0.29, 0.717) is 5.92 Å². The Bertz CT molecular complexity index is 503. The monoisotopic (exact) mass is 291 g/mol. The van der Waals surface area contributed by atoms with Gasteiger partial charge in [-0.25, -0.2) is 0 Å². The number of aryl methyl sites for hydroxylation is 2. The molecule has 0 amide bonds.